The van der Waals surface area contributed by atoms with Crippen molar-refractivity contribution in [1.82, 2.24) is 4.90 Å². The van der Waals surface area contributed by atoms with Crippen LogP contribution in [0.25, 0.3) is 0 Å². The van der Waals surface area contributed by atoms with Crippen LogP contribution in [0.5, 0.6) is 5.75 Å². The third-order valence-electron chi connectivity index (χ3n) is 3.86. The molecule has 0 spiro atoms. The lowest BCUT2D eigenvalue weighted by Gasteiger charge is -2.29. The van der Waals surface area contributed by atoms with E-state index in [0.29, 0.717) is 12.1 Å². The van der Waals surface area contributed by atoms with E-state index in [4.69, 9.17) is 0 Å². The molecule has 0 fully saturated rings. The number of hydrogen-bond donors (Lipinski definition) is 1. The second kappa shape index (κ2) is 5.00. The number of benzene rings is 2. The summed E-state index contributed by atoms with van der Waals surface area (Å²) in [6.07, 6.45) is 0.902. The van der Waals surface area contributed by atoms with Gasteiger partial charge in [-0.15, -0.1) is 0 Å². The van der Waals surface area contributed by atoms with Gasteiger partial charge in [-0.3, -0.25) is 4.79 Å². The molecule has 1 aliphatic heterocycles. The maximum absolute atomic E-state index is 12.6. The predicted octanol–water partition coefficient (Wildman–Crippen LogP) is 2.90. The Morgan fingerprint density at radius 3 is 2.65 bits per heavy atom. The standard InChI is InChI=1S/C17H17NO2/c1-12-10-15(19)6-7-16(12)17(20)18-9-8-13-4-2-3-5-14(13)11-18/h2-7,10,19H,8-9,11H2,1H3. The molecule has 102 valence electrons. The van der Waals surface area contributed by atoms with Crippen molar-refractivity contribution in [3.05, 3.63) is 64.7 Å². The van der Waals surface area contributed by atoms with E-state index in [9.17, 15) is 9.90 Å². The smallest absolute Gasteiger partial charge is 0.254 e. The molecule has 3 rings (SSSR count). The Balaban J connectivity index is 1.86. The van der Waals surface area contributed by atoms with Crippen LogP contribution in [0.15, 0.2) is 42.5 Å². The summed E-state index contributed by atoms with van der Waals surface area (Å²) in [5, 5.41) is 9.43. The maximum atomic E-state index is 12.6. The molecule has 2 aromatic carbocycles. The summed E-state index contributed by atoms with van der Waals surface area (Å²) in [7, 11) is 0. The lowest BCUT2D eigenvalue weighted by molar-refractivity contribution is 0.0734. The monoisotopic (exact) mass is 267 g/mol. The molecule has 20 heavy (non-hydrogen) atoms. The Morgan fingerprint density at radius 2 is 1.90 bits per heavy atom. The summed E-state index contributed by atoms with van der Waals surface area (Å²) in [6.45, 7) is 3.26. The molecule has 1 heterocycles. The molecule has 0 atom stereocenters. The van der Waals surface area contributed by atoms with E-state index in [-0.39, 0.29) is 11.7 Å². The first-order chi connectivity index (χ1) is 9.65. The summed E-state index contributed by atoms with van der Waals surface area (Å²) in [4.78, 5) is 14.5. The van der Waals surface area contributed by atoms with Crippen molar-refractivity contribution in [2.75, 3.05) is 6.54 Å². The Labute approximate surface area is 118 Å². The van der Waals surface area contributed by atoms with Gasteiger partial charge in [0.2, 0.25) is 0 Å². The first kappa shape index (κ1) is 12.7. The van der Waals surface area contributed by atoms with Crippen LogP contribution in [0.1, 0.15) is 27.0 Å². The number of aryl methyl sites for hydroxylation is 1. The van der Waals surface area contributed by atoms with Crippen LogP contribution in [-0.2, 0) is 13.0 Å². The number of nitrogens with zero attached hydrogens (tertiary/aromatic N) is 1. The SMILES string of the molecule is Cc1cc(O)ccc1C(=O)N1CCc2ccccc2C1. The van der Waals surface area contributed by atoms with E-state index >= 15 is 0 Å². The number of phenols is 1. The quantitative estimate of drug-likeness (QED) is 0.863. The first-order valence-electron chi connectivity index (χ1n) is 6.81. The van der Waals surface area contributed by atoms with Gasteiger partial charge in [-0.25, -0.2) is 0 Å². The van der Waals surface area contributed by atoms with Crippen molar-refractivity contribution in [3.63, 3.8) is 0 Å². The number of amides is 1. The van der Waals surface area contributed by atoms with Crippen LogP contribution in [0, 0.1) is 6.92 Å². The van der Waals surface area contributed by atoms with Gasteiger partial charge in [-0.1, -0.05) is 24.3 Å². The zero-order valence-electron chi connectivity index (χ0n) is 11.5. The minimum absolute atomic E-state index is 0.0389. The molecule has 2 aromatic rings. The molecule has 0 aliphatic carbocycles. The Morgan fingerprint density at radius 1 is 1.15 bits per heavy atom. The van der Waals surface area contributed by atoms with Gasteiger partial charge < -0.3 is 10.0 Å². The average molecular weight is 267 g/mol. The van der Waals surface area contributed by atoms with E-state index in [1.54, 1.807) is 18.2 Å². The van der Waals surface area contributed by atoms with Crippen molar-refractivity contribution in [1.29, 1.82) is 0 Å². The summed E-state index contributed by atoms with van der Waals surface area (Å²) >= 11 is 0. The van der Waals surface area contributed by atoms with Gasteiger partial charge in [0.25, 0.3) is 5.91 Å². The van der Waals surface area contributed by atoms with Crippen LogP contribution in [-0.4, -0.2) is 22.5 Å². The zero-order valence-corrected chi connectivity index (χ0v) is 11.5. The molecule has 0 aromatic heterocycles. The maximum Gasteiger partial charge on any atom is 0.254 e. The summed E-state index contributed by atoms with van der Waals surface area (Å²) < 4.78 is 0. The molecule has 0 bridgehead atoms. The molecule has 1 aliphatic rings. The topological polar surface area (TPSA) is 40.5 Å². The van der Waals surface area contributed by atoms with Crippen LogP contribution in [0.4, 0.5) is 0 Å². The molecule has 0 radical (unpaired) electrons. The molecule has 0 unspecified atom stereocenters. The second-order valence-electron chi connectivity index (χ2n) is 5.24. The third-order valence-corrected chi connectivity index (χ3v) is 3.86. The van der Waals surface area contributed by atoms with E-state index < -0.39 is 0 Å². The van der Waals surface area contributed by atoms with E-state index in [0.717, 1.165) is 18.5 Å². The van der Waals surface area contributed by atoms with Gasteiger partial charge in [-0.2, -0.15) is 0 Å². The normalized spacial score (nSPS) is 13.9. The number of rotatable bonds is 1. The highest BCUT2D eigenvalue weighted by molar-refractivity contribution is 5.96. The fourth-order valence-electron chi connectivity index (χ4n) is 2.73. The van der Waals surface area contributed by atoms with Gasteiger partial charge in [0, 0.05) is 18.7 Å². The van der Waals surface area contributed by atoms with E-state index in [1.807, 2.05) is 24.0 Å². The van der Waals surface area contributed by atoms with Crippen LogP contribution < -0.4 is 0 Å². The van der Waals surface area contributed by atoms with Crippen molar-refractivity contribution in [2.45, 2.75) is 19.9 Å². The minimum Gasteiger partial charge on any atom is -0.508 e. The molecular weight excluding hydrogens is 250 g/mol. The number of phenolic OH excluding ortho intramolecular Hbond substituents is 1. The highest BCUT2D eigenvalue weighted by Gasteiger charge is 2.22. The lowest BCUT2D eigenvalue weighted by atomic mass is 9.98. The Kier molecular flexibility index (Phi) is 3.18. The van der Waals surface area contributed by atoms with Crippen molar-refractivity contribution in [2.24, 2.45) is 0 Å². The predicted molar refractivity (Wildman–Crippen MR) is 77.7 cm³/mol. The van der Waals surface area contributed by atoms with Crippen LogP contribution in [0.3, 0.4) is 0 Å². The van der Waals surface area contributed by atoms with Gasteiger partial charge in [0.15, 0.2) is 0 Å². The third kappa shape index (κ3) is 2.27. The second-order valence-corrected chi connectivity index (χ2v) is 5.24. The fourth-order valence-corrected chi connectivity index (χ4v) is 2.73. The van der Waals surface area contributed by atoms with Gasteiger partial charge >= 0.3 is 0 Å². The van der Waals surface area contributed by atoms with Crippen molar-refractivity contribution in [3.8, 4) is 5.75 Å². The largest absolute Gasteiger partial charge is 0.508 e. The first-order valence-corrected chi connectivity index (χ1v) is 6.81. The molecule has 3 nitrogen and oxygen atoms in total. The number of carbonyl (C=O) groups is 1. The lowest BCUT2D eigenvalue weighted by Crippen LogP contribution is -2.36. The Hall–Kier alpha value is -2.29. The summed E-state index contributed by atoms with van der Waals surface area (Å²) in [5.74, 6) is 0.236. The number of aromatic hydroxyl groups is 1. The fraction of sp³-hybridized carbons (Fsp3) is 0.235. The highest BCUT2D eigenvalue weighted by atomic mass is 16.3. The molecule has 3 heteroatoms. The average Bonchev–Trinajstić information content (AvgIpc) is 2.46. The summed E-state index contributed by atoms with van der Waals surface area (Å²) in [5.41, 5.74) is 4.04. The van der Waals surface area contributed by atoms with Crippen LogP contribution in [0.2, 0.25) is 0 Å². The molecular formula is C17H17NO2. The van der Waals surface area contributed by atoms with E-state index in [2.05, 4.69) is 12.1 Å². The highest BCUT2D eigenvalue weighted by Crippen LogP contribution is 2.22. The van der Waals surface area contributed by atoms with E-state index in [1.165, 1.54) is 11.1 Å². The van der Waals surface area contributed by atoms with Crippen molar-refractivity contribution >= 4 is 5.91 Å². The minimum atomic E-state index is 0.0389. The molecule has 1 N–H and O–H groups in total. The van der Waals surface area contributed by atoms with Gasteiger partial charge in [0.05, 0.1) is 0 Å². The van der Waals surface area contributed by atoms with Crippen molar-refractivity contribution < 1.29 is 9.90 Å². The number of carbonyl (C=O) groups excluding carboxylic acids is 1. The molecule has 0 saturated carbocycles. The summed E-state index contributed by atoms with van der Waals surface area (Å²) in [6, 6.07) is 13.2. The van der Waals surface area contributed by atoms with Crippen LogP contribution >= 0.6 is 0 Å². The van der Waals surface area contributed by atoms with Gasteiger partial charge in [-0.05, 0) is 48.2 Å². The van der Waals surface area contributed by atoms with Gasteiger partial charge in [0.1, 0.15) is 5.75 Å². The Bertz CT molecular complexity index is 664. The number of hydrogen-bond acceptors (Lipinski definition) is 2. The zero-order chi connectivity index (χ0) is 14.1. The molecule has 0 saturated heterocycles. The molecule has 1 amide bonds. The number of fused-ring (bicyclic) bond motifs is 1.